The minimum Gasteiger partial charge on any atom is -0.364 e. The van der Waals surface area contributed by atoms with Crippen molar-refractivity contribution in [2.45, 2.75) is 5.60 Å². The van der Waals surface area contributed by atoms with Gasteiger partial charge in [0.25, 0.3) is 0 Å². The highest BCUT2D eigenvalue weighted by atomic mass is 16.5. The summed E-state index contributed by atoms with van der Waals surface area (Å²) in [5, 5.41) is 9.74. The molecule has 1 atom stereocenters. The molecule has 1 unspecified atom stereocenters. The van der Waals surface area contributed by atoms with Gasteiger partial charge in [-0.3, -0.25) is 0 Å². The summed E-state index contributed by atoms with van der Waals surface area (Å²) in [6.45, 7) is 1.86. The van der Waals surface area contributed by atoms with Gasteiger partial charge in [0, 0.05) is 18.1 Å². The molecule has 20 heavy (non-hydrogen) atoms. The van der Waals surface area contributed by atoms with Crippen molar-refractivity contribution in [1.82, 2.24) is 15.5 Å². The smallest absolute Gasteiger partial charge is 0.167 e. The van der Waals surface area contributed by atoms with Crippen LogP contribution in [0.4, 0.5) is 0 Å². The van der Waals surface area contributed by atoms with E-state index in [1.165, 1.54) is 0 Å². The maximum atomic E-state index is 6.08. The van der Waals surface area contributed by atoms with Gasteiger partial charge in [-0.1, -0.05) is 23.4 Å². The van der Waals surface area contributed by atoms with Gasteiger partial charge in [-0.15, -0.1) is 0 Å². The van der Waals surface area contributed by atoms with E-state index in [0.29, 0.717) is 13.2 Å². The third-order valence-corrected chi connectivity index (χ3v) is 3.75. The van der Waals surface area contributed by atoms with Crippen LogP contribution in [0, 0.1) is 0 Å². The summed E-state index contributed by atoms with van der Waals surface area (Å²) >= 11 is 0. The van der Waals surface area contributed by atoms with E-state index in [1.807, 2.05) is 18.2 Å². The molecule has 1 fully saturated rings. The van der Waals surface area contributed by atoms with Gasteiger partial charge >= 0.3 is 0 Å². The standard InChI is InChI=1S/C15H14N3O2/c1-2-4-12-11(3-1)9-14(17-12)15(10-16-6-8-19-15)13-5-7-20-18-13/h1-5,7,9,17H,6,8,10H2. The maximum absolute atomic E-state index is 6.08. The Morgan fingerprint density at radius 2 is 2.15 bits per heavy atom. The molecule has 4 rings (SSSR count). The number of rotatable bonds is 2. The normalized spacial score (nSPS) is 23.2. The second-order valence-corrected chi connectivity index (χ2v) is 4.94. The topological polar surface area (TPSA) is 65.2 Å². The van der Waals surface area contributed by atoms with Crippen LogP contribution in [0.2, 0.25) is 0 Å². The molecule has 0 aliphatic carbocycles. The van der Waals surface area contributed by atoms with Gasteiger partial charge in [-0.25, -0.2) is 5.32 Å². The van der Waals surface area contributed by atoms with Gasteiger partial charge in [0.15, 0.2) is 5.60 Å². The number of ether oxygens (including phenoxy) is 1. The molecule has 0 spiro atoms. The van der Waals surface area contributed by atoms with E-state index in [9.17, 15) is 0 Å². The van der Waals surface area contributed by atoms with Gasteiger partial charge in [0.1, 0.15) is 12.0 Å². The van der Waals surface area contributed by atoms with Gasteiger partial charge in [-0.2, -0.15) is 0 Å². The van der Waals surface area contributed by atoms with Crippen LogP contribution in [0.1, 0.15) is 11.4 Å². The first kappa shape index (κ1) is 11.7. The van der Waals surface area contributed by atoms with Crippen LogP contribution >= 0.6 is 0 Å². The van der Waals surface area contributed by atoms with Crippen LogP contribution in [0.5, 0.6) is 0 Å². The molecule has 101 valence electrons. The van der Waals surface area contributed by atoms with Gasteiger partial charge in [0.2, 0.25) is 0 Å². The number of H-pyrrole nitrogens is 1. The van der Waals surface area contributed by atoms with E-state index in [0.717, 1.165) is 28.8 Å². The summed E-state index contributed by atoms with van der Waals surface area (Å²) < 4.78 is 11.1. The number of hydrogen-bond acceptors (Lipinski definition) is 3. The molecule has 1 saturated heterocycles. The van der Waals surface area contributed by atoms with Crippen molar-refractivity contribution in [2.24, 2.45) is 0 Å². The molecule has 1 radical (unpaired) electrons. The molecule has 1 aliphatic heterocycles. The summed E-state index contributed by atoms with van der Waals surface area (Å²) in [5.41, 5.74) is 2.15. The third kappa shape index (κ3) is 1.67. The number of nitrogens with one attached hydrogen (secondary N) is 1. The van der Waals surface area contributed by atoms with Crippen LogP contribution in [-0.4, -0.2) is 29.8 Å². The highest BCUT2D eigenvalue weighted by molar-refractivity contribution is 5.80. The SMILES string of the molecule is c1ccc2[nH]c(C3(c4ccon4)C[N]CCO3)cc2c1. The minimum absolute atomic E-state index is 0.548. The molecule has 2 aromatic heterocycles. The zero-order valence-electron chi connectivity index (χ0n) is 10.9. The molecule has 1 aliphatic rings. The molecule has 0 saturated carbocycles. The Balaban J connectivity index is 1.89. The van der Waals surface area contributed by atoms with Crippen molar-refractivity contribution >= 4 is 10.9 Å². The summed E-state index contributed by atoms with van der Waals surface area (Å²) in [6, 6.07) is 12.1. The first-order chi connectivity index (χ1) is 9.88. The number of aromatic nitrogens is 2. The monoisotopic (exact) mass is 268 g/mol. The molecule has 3 heterocycles. The Kier molecular flexibility index (Phi) is 2.61. The Labute approximate surface area is 115 Å². The summed E-state index contributed by atoms with van der Waals surface area (Å²) in [4.78, 5) is 3.43. The zero-order valence-corrected chi connectivity index (χ0v) is 10.9. The fraction of sp³-hybridized carbons (Fsp3) is 0.267. The van der Waals surface area contributed by atoms with E-state index < -0.39 is 5.60 Å². The predicted octanol–water partition coefficient (Wildman–Crippen LogP) is 2.03. The second-order valence-electron chi connectivity index (χ2n) is 4.94. The molecule has 1 N–H and O–H groups in total. The fourth-order valence-electron chi connectivity index (χ4n) is 2.73. The van der Waals surface area contributed by atoms with E-state index in [1.54, 1.807) is 6.26 Å². The van der Waals surface area contributed by atoms with Crippen molar-refractivity contribution in [3.05, 3.63) is 54.0 Å². The van der Waals surface area contributed by atoms with E-state index in [4.69, 9.17) is 9.26 Å². The fourth-order valence-corrected chi connectivity index (χ4v) is 2.73. The van der Waals surface area contributed by atoms with Crippen LogP contribution in [0.3, 0.4) is 0 Å². The lowest BCUT2D eigenvalue weighted by molar-refractivity contribution is -0.0486. The molecule has 5 nitrogen and oxygen atoms in total. The van der Waals surface area contributed by atoms with Crippen molar-refractivity contribution < 1.29 is 9.26 Å². The first-order valence-electron chi connectivity index (χ1n) is 6.65. The lowest BCUT2D eigenvalue weighted by Gasteiger charge is -2.34. The number of aromatic amines is 1. The first-order valence-corrected chi connectivity index (χ1v) is 6.65. The molecule has 0 bridgehead atoms. The number of morpholine rings is 1. The Morgan fingerprint density at radius 1 is 1.20 bits per heavy atom. The van der Waals surface area contributed by atoms with E-state index in [2.05, 4.69) is 33.7 Å². The predicted molar refractivity (Wildman–Crippen MR) is 73.4 cm³/mol. The average Bonchev–Trinajstić information content (AvgIpc) is 3.17. The Morgan fingerprint density at radius 3 is 2.90 bits per heavy atom. The molecular formula is C15H14N3O2. The number of benzene rings is 1. The Hall–Kier alpha value is -2.11. The van der Waals surface area contributed by atoms with E-state index >= 15 is 0 Å². The highest BCUT2D eigenvalue weighted by Crippen LogP contribution is 2.35. The molecule has 5 heteroatoms. The molecule has 1 aromatic carbocycles. The maximum Gasteiger partial charge on any atom is 0.167 e. The van der Waals surface area contributed by atoms with Crippen LogP contribution in [-0.2, 0) is 10.3 Å². The average molecular weight is 268 g/mol. The summed E-state index contributed by atoms with van der Waals surface area (Å²) in [5.74, 6) is 0. The third-order valence-electron chi connectivity index (χ3n) is 3.75. The highest BCUT2D eigenvalue weighted by Gasteiger charge is 2.41. The van der Waals surface area contributed by atoms with Crippen LogP contribution in [0.25, 0.3) is 10.9 Å². The quantitative estimate of drug-likeness (QED) is 0.773. The number of nitrogens with zero attached hydrogens (tertiary/aromatic N) is 2. The molecule has 0 amide bonds. The Bertz CT molecular complexity index is 679. The van der Waals surface area contributed by atoms with Gasteiger partial charge < -0.3 is 14.2 Å². The number of fused-ring (bicyclic) bond motifs is 1. The lowest BCUT2D eigenvalue weighted by Crippen LogP contribution is -2.45. The van der Waals surface area contributed by atoms with Crippen molar-refractivity contribution in [3.8, 4) is 0 Å². The summed E-state index contributed by atoms with van der Waals surface area (Å²) in [6.07, 6.45) is 1.57. The van der Waals surface area contributed by atoms with Gasteiger partial charge in [0.05, 0.1) is 18.8 Å². The molecule has 3 aromatic rings. The van der Waals surface area contributed by atoms with Crippen molar-refractivity contribution in [3.63, 3.8) is 0 Å². The summed E-state index contributed by atoms with van der Waals surface area (Å²) in [7, 11) is 0. The molecular weight excluding hydrogens is 254 g/mol. The van der Waals surface area contributed by atoms with Crippen LogP contribution < -0.4 is 5.32 Å². The van der Waals surface area contributed by atoms with Gasteiger partial charge in [-0.05, 0) is 17.5 Å². The largest absolute Gasteiger partial charge is 0.364 e. The number of para-hydroxylation sites is 1. The van der Waals surface area contributed by atoms with Crippen molar-refractivity contribution in [2.75, 3.05) is 19.7 Å². The van der Waals surface area contributed by atoms with E-state index in [-0.39, 0.29) is 0 Å². The lowest BCUT2D eigenvalue weighted by atomic mass is 9.94. The van der Waals surface area contributed by atoms with Crippen molar-refractivity contribution in [1.29, 1.82) is 0 Å². The second kappa shape index (κ2) is 4.47. The minimum atomic E-state index is -0.662. The zero-order chi connectivity index (χ0) is 13.4. The number of hydrogen-bond donors (Lipinski definition) is 1. The van der Waals surface area contributed by atoms with Crippen LogP contribution in [0.15, 0.2) is 47.2 Å².